The molecular formula is C25H33N3O4. The number of benzene rings is 1. The zero-order chi connectivity index (χ0) is 22.3. The maximum absolute atomic E-state index is 13.1. The zero-order valence-electron chi connectivity index (χ0n) is 18.6. The molecule has 1 atom stereocenters. The van der Waals surface area contributed by atoms with Gasteiger partial charge in [-0.05, 0) is 56.7 Å². The number of anilines is 1. The van der Waals surface area contributed by atoms with Crippen molar-refractivity contribution in [2.45, 2.75) is 82.7 Å². The minimum Gasteiger partial charge on any atom is -0.478 e. The molecule has 4 rings (SSSR count). The first-order valence-electron chi connectivity index (χ1n) is 12.0. The number of amides is 1. The van der Waals surface area contributed by atoms with E-state index in [1.807, 2.05) is 0 Å². The molecule has 1 amide bonds. The summed E-state index contributed by atoms with van der Waals surface area (Å²) in [6.45, 7) is 0.814. The number of nitrogens with zero attached hydrogens (tertiary/aromatic N) is 1. The second-order valence-electron chi connectivity index (χ2n) is 9.01. The average Bonchev–Trinajstić information content (AvgIpc) is 3.07. The SMILES string of the molecule is O=C(O)c1cccc(NC(=O)c2nc(C3CCCCC3)[nH]c2CCC2CCCCCO2)c1. The van der Waals surface area contributed by atoms with Crippen molar-refractivity contribution in [2.24, 2.45) is 0 Å². The predicted molar refractivity (Wildman–Crippen MR) is 122 cm³/mol. The molecule has 2 heterocycles. The summed E-state index contributed by atoms with van der Waals surface area (Å²) in [4.78, 5) is 32.6. The van der Waals surface area contributed by atoms with Crippen molar-refractivity contribution in [1.82, 2.24) is 9.97 Å². The van der Waals surface area contributed by atoms with Crippen LogP contribution in [0, 0.1) is 0 Å². The topological polar surface area (TPSA) is 104 Å². The highest BCUT2D eigenvalue weighted by Gasteiger charge is 2.25. The van der Waals surface area contributed by atoms with Gasteiger partial charge in [-0.1, -0.05) is 38.2 Å². The Labute approximate surface area is 189 Å². The minimum absolute atomic E-state index is 0.137. The summed E-state index contributed by atoms with van der Waals surface area (Å²) >= 11 is 0. The van der Waals surface area contributed by atoms with Gasteiger partial charge in [0, 0.05) is 23.9 Å². The molecule has 7 nitrogen and oxygen atoms in total. The molecule has 2 aromatic rings. The molecule has 7 heteroatoms. The summed E-state index contributed by atoms with van der Waals surface area (Å²) in [7, 11) is 0. The standard InChI is InChI=1S/C25H33N3O4/c29-24(26-19-11-7-10-18(16-19)25(30)31)22-21(14-13-20-12-5-2-6-15-32-20)27-23(28-22)17-8-3-1-4-9-17/h7,10-11,16-17,20H,1-6,8-9,12-15H2,(H,26,29)(H,27,28)(H,30,31). The van der Waals surface area contributed by atoms with Crippen molar-refractivity contribution in [3.05, 3.63) is 47.0 Å². The number of rotatable bonds is 7. The van der Waals surface area contributed by atoms with E-state index in [1.165, 1.54) is 44.2 Å². The van der Waals surface area contributed by atoms with Crippen LogP contribution in [-0.4, -0.2) is 39.7 Å². The lowest BCUT2D eigenvalue weighted by Gasteiger charge is -2.19. The second-order valence-corrected chi connectivity index (χ2v) is 9.01. The third-order valence-electron chi connectivity index (χ3n) is 6.61. The van der Waals surface area contributed by atoms with Gasteiger partial charge in [0.2, 0.25) is 0 Å². The van der Waals surface area contributed by atoms with Gasteiger partial charge in [-0.15, -0.1) is 0 Å². The lowest BCUT2D eigenvalue weighted by atomic mass is 9.89. The van der Waals surface area contributed by atoms with E-state index in [0.717, 1.165) is 50.2 Å². The van der Waals surface area contributed by atoms with E-state index in [0.29, 0.717) is 23.7 Å². The van der Waals surface area contributed by atoms with E-state index in [9.17, 15) is 14.7 Å². The highest BCUT2D eigenvalue weighted by atomic mass is 16.5. The van der Waals surface area contributed by atoms with Crippen molar-refractivity contribution in [2.75, 3.05) is 11.9 Å². The largest absolute Gasteiger partial charge is 0.478 e. The summed E-state index contributed by atoms with van der Waals surface area (Å²) in [5, 5.41) is 12.1. The fourth-order valence-corrected chi connectivity index (χ4v) is 4.81. The Bertz CT molecular complexity index is 925. The molecule has 3 N–H and O–H groups in total. The smallest absolute Gasteiger partial charge is 0.335 e. The van der Waals surface area contributed by atoms with Crippen LogP contribution in [0.4, 0.5) is 5.69 Å². The molecule has 1 saturated heterocycles. The maximum Gasteiger partial charge on any atom is 0.335 e. The summed E-state index contributed by atoms with van der Waals surface area (Å²) in [6.07, 6.45) is 12.2. The number of carbonyl (C=O) groups is 2. The van der Waals surface area contributed by atoms with E-state index in [-0.39, 0.29) is 17.6 Å². The van der Waals surface area contributed by atoms with Crippen molar-refractivity contribution in [1.29, 1.82) is 0 Å². The van der Waals surface area contributed by atoms with E-state index in [4.69, 9.17) is 9.72 Å². The zero-order valence-corrected chi connectivity index (χ0v) is 18.6. The first-order chi connectivity index (χ1) is 15.6. The van der Waals surface area contributed by atoms with Gasteiger partial charge in [0.05, 0.1) is 11.7 Å². The van der Waals surface area contributed by atoms with E-state index >= 15 is 0 Å². The first-order valence-corrected chi connectivity index (χ1v) is 12.0. The fourth-order valence-electron chi connectivity index (χ4n) is 4.81. The quantitative estimate of drug-likeness (QED) is 0.543. The summed E-state index contributed by atoms with van der Waals surface area (Å²) in [6, 6.07) is 6.29. The number of ether oxygens (including phenoxy) is 1. The number of aryl methyl sites for hydroxylation is 1. The van der Waals surface area contributed by atoms with Crippen LogP contribution in [0.25, 0.3) is 0 Å². The van der Waals surface area contributed by atoms with Gasteiger partial charge in [-0.3, -0.25) is 4.79 Å². The van der Waals surface area contributed by atoms with Gasteiger partial charge < -0.3 is 20.1 Å². The highest BCUT2D eigenvalue weighted by molar-refractivity contribution is 6.04. The number of aromatic carboxylic acids is 1. The molecule has 0 spiro atoms. The average molecular weight is 440 g/mol. The fraction of sp³-hybridized carbons (Fsp3) is 0.560. The number of hydrogen-bond donors (Lipinski definition) is 3. The van der Waals surface area contributed by atoms with Gasteiger partial charge in [0.1, 0.15) is 11.5 Å². The Hall–Kier alpha value is -2.67. The van der Waals surface area contributed by atoms with Gasteiger partial charge in [-0.25, -0.2) is 9.78 Å². The van der Waals surface area contributed by atoms with E-state index in [1.54, 1.807) is 12.1 Å². The number of imidazole rings is 1. The summed E-state index contributed by atoms with van der Waals surface area (Å²) in [5.41, 5.74) is 1.86. The molecule has 1 saturated carbocycles. The number of carbonyl (C=O) groups excluding carboxylic acids is 1. The van der Waals surface area contributed by atoms with Crippen LogP contribution in [0.5, 0.6) is 0 Å². The molecular weight excluding hydrogens is 406 g/mol. The number of carboxylic acid groups (broad SMARTS) is 1. The number of hydrogen-bond acceptors (Lipinski definition) is 4. The Morgan fingerprint density at radius 1 is 1.09 bits per heavy atom. The van der Waals surface area contributed by atoms with Gasteiger partial charge in [0.25, 0.3) is 5.91 Å². The monoisotopic (exact) mass is 439 g/mol. The van der Waals surface area contributed by atoms with Crippen LogP contribution >= 0.6 is 0 Å². The van der Waals surface area contributed by atoms with Crippen LogP contribution in [0.15, 0.2) is 24.3 Å². The number of nitrogens with one attached hydrogen (secondary N) is 2. The van der Waals surface area contributed by atoms with Crippen molar-refractivity contribution in [3.63, 3.8) is 0 Å². The number of carboxylic acids is 1. The molecule has 1 aliphatic heterocycles. The van der Waals surface area contributed by atoms with E-state index in [2.05, 4.69) is 10.3 Å². The Kier molecular flexibility index (Phi) is 7.58. The molecule has 0 radical (unpaired) electrons. The number of aromatic nitrogens is 2. The summed E-state index contributed by atoms with van der Waals surface area (Å²) in [5.74, 6) is -0.0494. The van der Waals surface area contributed by atoms with Gasteiger partial charge in [0.15, 0.2) is 0 Å². The van der Waals surface area contributed by atoms with Crippen LogP contribution in [0.2, 0.25) is 0 Å². The Balaban J connectivity index is 1.52. The molecule has 2 aliphatic rings. The van der Waals surface area contributed by atoms with Crippen LogP contribution < -0.4 is 5.32 Å². The second kappa shape index (κ2) is 10.8. The molecule has 1 unspecified atom stereocenters. The lowest BCUT2D eigenvalue weighted by molar-refractivity contribution is 0.0529. The number of H-pyrrole nitrogens is 1. The molecule has 1 aliphatic carbocycles. The van der Waals surface area contributed by atoms with Crippen LogP contribution in [-0.2, 0) is 11.2 Å². The van der Waals surface area contributed by atoms with Gasteiger partial charge in [-0.2, -0.15) is 0 Å². The molecule has 32 heavy (non-hydrogen) atoms. The van der Waals surface area contributed by atoms with Crippen molar-refractivity contribution >= 4 is 17.6 Å². The lowest BCUT2D eigenvalue weighted by Crippen LogP contribution is -2.17. The van der Waals surface area contributed by atoms with Crippen molar-refractivity contribution < 1.29 is 19.4 Å². The molecule has 1 aromatic heterocycles. The molecule has 2 fully saturated rings. The minimum atomic E-state index is -1.02. The summed E-state index contributed by atoms with van der Waals surface area (Å²) < 4.78 is 5.99. The normalized spacial score (nSPS) is 19.9. The van der Waals surface area contributed by atoms with Gasteiger partial charge >= 0.3 is 5.97 Å². The third-order valence-corrected chi connectivity index (χ3v) is 6.61. The van der Waals surface area contributed by atoms with Crippen molar-refractivity contribution in [3.8, 4) is 0 Å². The Morgan fingerprint density at radius 2 is 1.88 bits per heavy atom. The number of aromatic amines is 1. The predicted octanol–water partition coefficient (Wildman–Crippen LogP) is 5.30. The highest BCUT2D eigenvalue weighted by Crippen LogP contribution is 2.32. The van der Waals surface area contributed by atoms with Crippen LogP contribution in [0.1, 0.15) is 102 Å². The first kappa shape index (κ1) is 22.5. The van der Waals surface area contributed by atoms with E-state index < -0.39 is 5.97 Å². The molecule has 1 aromatic carbocycles. The molecule has 0 bridgehead atoms. The third kappa shape index (κ3) is 5.76. The Morgan fingerprint density at radius 3 is 2.69 bits per heavy atom. The maximum atomic E-state index is 13.1. The van der Waals surface area contributed by atoms with Crippen LogP contribution in [0.3, 0.4) is 0 Å². The molecule has 172 valence electrons.